The molecular weight excluding hydrogens is 447 g/mol. The molecule has 3 aromatic carbocycles. The standard InChI is InChI=1S/C26H22F3NO4/c1-3-20(25(32)33-2)30-24-21(16-10-6-11-17(14-16)26(27,28)29)22(31)23(34-24)19-13-7-9-15-8-4-5-12-18(15)19/h4-14,20,30-31H,3H2,1-2H3. The van der Waals surface area contributed by atoms with Crippen LogP contribution in [0.15, 0.2) is 71.1 Å². The molecule has 0 aliphatic carbocycles. The van der Waals surface area contributed by atoms with Gasteiger partial charge in [0.25, 0.3) is 0 Å². The maximum Gasteiger partial charge on any atom is 0.416 e. The van der Waals surface area contributed by atoms with Crippen LogP contribution in [0, 0.1) is 0 Å². The van der Waals surface area contributed by atoms with Crippen LogP contribution in [0.4, 0.5) is 19.1 Å². The molecular formula is C26H22F3NO4. The summed E-state index contributed by atoms with van der Waals surface area (Å²) in [5.74, 6) is -0.860. The van der Waals surface area contributed by atoms with Crippen LogP contribution in [-0.4, -0.2) is 24.2 Å². The molecule has 0 aliphatic rings. The fraction of sp³-hybridized carbons (Fsp3) is 0.192. The van der Waals surface area contributed by atoms with Gasteiger partial charge in [-0.3, -0.25) is 0 Å². The molecule has 176 valence electrons. The summed E-state index contributed by atoms with van der Waals surface area (Å²) < 4.78 is 51.0. The third-order valence-electron chi connectivity index (χ3n) is 5.60. The van der Waals surface area contributed by atoms with Crippen LogP contribution in [0.1, 0.15) is 18.9 Å². The van der Waals surface area contributed by atoms with E-state index < -0.39 is 23.8 Å². The second-order valence-corrected chi connectivity index (χ2v) is 7.72. The Labute approximate surface area is 193 Å². The predicted octanol–water partition coefficient (Wildman–Crippen LogP) is 6.85. The number of alkyl halides is 3. The molecule has 34 heavy (non-hydrogen) atoms. The lowest BCUT2D eigenvalue weighted by molar-refractivity contribution is -0.141. The lowest BCUT2D eigenvalue weighted by Gasteiger charge is -2.15. The molecule has 2 N–H and O–H groups in total. The molecule has 4 rings (SSSR count). The van der Waals surface area contributed by atoms with Crippen LogP contribution in [0.3, 0.4) is 0 Å². The second-order valence-electron chi connectivity index (χ2n) is 7.72. The smallest absolute Gasteiger partial charge is 0.416 e. The van der Waals surface area contributed by atoms with Gasteiger partial charge in [-0.2, -0.15) is 13.2 Å². The summed E-state index contributed by atoms with van der Waals surface area (Å²) in [7, 11) is 1.24. The fourth-order valence-electron chi connectivity index (χ4n) is 3.88. The Morgan fingerprint density at radius 1 is 1.09 bits per heavy atom. The SMILES string of the molecule is CCC(Nc1oc(-c2cccc3ccccc23)c(O)c1-c1cccc(C(F)(F)F)c1)C(=O)OC. The van der Waals surface area contributed by atoms with Crippen LogP contribution in [-0.2, 0) is 15.7 Å². The number of halogens is 3. The van der Waals surface area contributed by atoms with E-state index in [2.05, 4.69) is 5.32 Å². The van der Waals surface area contributed by atoms with Gasteiger partial charge in [0.1, 0.15) is 6.04 Å². The molecule has 1 unspecified atom stereocenters. The van der Waals surface area contributed by atoms with Crippen molar-refractivity contribution in [3.8, 4) is 28.2 Å². The van der Waals surface area contributed by atoms with Crippen LogP contribution in [0.25, 0.3) is 33.2 Å². The molecule has 0 saturated carbocycles. The van der Waals surface area contributed by atoms with Gasteiger partial charge in [0.05, 0.1) is 18.2 Å². The first-order valence-corrected chi connectivity index (χ1v) is 10.6. The maximum atomic E-state index is 13.4. The Balaban J connectivity index is 1.94. The maximum absolute atomic E-state index is 13.4. The number of aromatic hydroxyl groups is 1. The van der Waals surface area contributed by atoms with Gasteiger partial charge in [-0.15, -0.1) is 0 Å². The number of fused-ring (bicyclic) bond motifs is 1. The van der Waals surface area contributed by atoms with E-state index in [1.165, 1.54) is 19.2 Å². The number of rotatable bonds is 6. The normalized spacial score (nSPS) is 12.5. The van der Waals surface area contributed by atoms with Crippen molar-refractivity contribution in [1.29, 1.82) is 0 Å². The molecule has 4 aromatic rings. The minimum absolute atomic E-state index is 0.0244. The van der Waals surface area contributed by atoms with Crippen molar-refractivity contribution in [1.82, 2.24) is 0 Å². The Kier molecular flexibility index (Phi) is 6.24. The molecule has 0 radical (unpaired) electrons. The molecule has 1 heterocycles. The van der Waals surface area contributed by atoms with Crippen molar-refractivity contribution in [2.45, 2.75) is 25.6 Å². The van der Waals surface area contributed by atoms with Crippen LogP contribution in [0.2, 0.25) is 0 Å². The molecule has 0 bridgehead atoms. The summed E-state index contributed by atoms with van der Waals surface area (Å²) in [6, 6.07) is 16.6. The zero-order valence-electron chi connectivity index (χ0n) is 18.4. The zero-order chi connectivity index (χ0) is 24.5. The number of anilines is 1. The summed E-state index contributed by atoms with van der Waals surface area (Å²) >= 11 is 0. The van der Waals surface area contributed by atoms with Gasteiger partial charge in [-0.25, -0.2) is 4.79 Å². The lowest BCUT2D eigenvalue weighted by Crippen LogP contribution is -2.29. The zero-order valence-corrected chi connectivity index (χ0v) is 18.4. The quantitative estimate of drug-likeness (QED) is 0.302. The summed E-state index contributed by atoms with van der Waals surface area (Å²) in [6.45, 7) is 1.74. The van der Waals surface area contributed by atoms with Gasteiger partial charge in [0, 0.05) is 5.56 Å². The molecule has 5 nitrogen and oxygen atoms in total. The molecule has 0 aliphatic heterocycles. The van der Waals surface area contributed by atoms with Gasteiger partial charge in [0.2, 0.25) is 5.88 Å². The van der Waals surface area contributed by atoms with Crippen LogP contribution in [0.5, 0.6) is 5.75 Å². The summed E-state index contributed by atoms with van der Waals surface area (Å²) in [4.78, 5) is 12.2. The van der Waals surface area contributed by atoms with E-state index in [0.29, 0.717) is 12.0 Å². The number of esters is 1. The first-order valence-electron chi connectivity index (χ1n) is 10.6. The van der Waals surface area contributed by atoms with E-state index in [0.717, 1.165) is 22.9 Å². The number of furan rings is 1. The highest BCUT2D eigenvalue weighted by molar-refractivity contribution is 5.99. The van der Waals surface area contributed by atoms with E-state index >= 15 is 0 Å². The van der Waals surface area contributed by atoms with E-state index in [1.807, 2.05) is 30.3 Å². The second kappa shape index (κ2) is 9.13. The number of carbonyl (C=O) groups is 1. The van der Waals surface area contributed by atoms with Gasteiger partial charge < -0.3 is 19.6 Å². The van der Waals surface area contributed by atoms with E-state index in [9.17, 15) is 23.1 Å². The summed E-state index contributed by atoms with van der Waals surface area (Å²) in [6.07, 6.45) is -4.25. The molecule has 1 atom stereocenters. The van der Waals surface area contributed by atoms with Crippen LogP contribution < -0.4 is 5.32 Å². The van der Waals surface area contributed by atoms with Crippen LogP contribution >= 0.6 is 0 Å². The average molecular weight is 469 g/mol. The minimum Gasteiger partial charge on any atom is -0.504 e. The fourth-order valence-corrected chi connectivity index (χ4v) is 3.88. The topological polar surface area (TPSA) is 71.7 Å². The minimum atomic E-state index is -4.57. The lowest BCUT2D eigenvalue weighted by atomic mass is 9.99. The van der Waals surface area contributed by atoms with Gasteiger partial charge in [-0.05, 0) is 34.9 Å². The predicted molar refractivity (Wildman–Crippen MR) is 123 cm³/mol. The summed E-state index contributed by atoms with van der Waals surface area (Å²) in [5, 5.41) is 15.8. The number of hydrogen-bond acceptors (Lipinski definition) is 5. The third-order valence-corrected chi connectivity index (χ3v) is 5.60. The highest BCUT2D eigenvalue weighted by atomic mass is 19.4. The van der Waals surface area contributed by atoms with E-state index in [-0.39, 0.29) is 28.5 Å². The average Bonchev–Trinajstić information content (AvgIpc) is 3.16. The first kappa shape index (κ1) is 23.2. The number of benzene rings is 3. The van der Waals surface area contributed by atoms with Crippen molar-refractivity contribution in [2.24, 2.45) is 0 Å². The molecule has 0 spiro atoms. The third kappa shape index (κ3) is 4.31. The Bertz CT molecular complexity index is 1340. The number of methoxy groups -OCH3 is 1. The van der Waals surface area contributed by atoms with Crippen molar-refractivity contribution in [3.63, 3.8) is 0 Å². The molecule has 1 aromatic heterocycles. The largest absolute Gasteiger partial charge is 0.504 e. The first-order chi connectivity index (χ1) is 16.2. The monoisotopic (exact) mass is 469 g/mol. The molecule has 0 fully saturated rings. The highest BCUT2D eigenvalue weighted by Gasteiger charge is 2.32. The number of carbonyl (C=O) groups excluding carboxylic acids is 1. The Hall–Kier alpha value is -3.94. The van der Waals surface area contributed by atoms with Gasteiger partial charge in [-0.1, -0.05) is 61.5 Å². The highest BCUT2D eigenvalue weighted by Crippen LogP contribution is 2.48. The van der Waals surface area contributed by atoms with Gasteiger partial charge >= 0.3 is 12.1 Å². The Morgan fingerprint density at radius 3 is 2.50 bits per heavy atom. The van der Waals surface area contributed by atoms with Gasteiger partial charge in [0.15, 0.2) is 11.5 Å². The van der Waals surface area contributed by atoms with Crippen molar-refractivity contribution in [2.75, 3.05) is 12.4 Å². The van der Waals surface area contributed by atoms with Crippen molar-refractivity contribution < 1.29 is 32.2 Å². The van der Waals surface area contributed by atoms with E-state index in [4.69, 9.17) is 9.15 Å². The van der Waals surface area contributed by atoms with E-state index in [1.54, 1.807) is 19.1 Å². The van der Waals surface area contributed by atoms with Crippen molar-refractivity contribution >= 4 is 22.6 Å². The number of hydrogen-bond donors (Lipinski definition) is 2. The number of nitrogens with one attached hydrogen (secondary N) is 1. The molecule has 8 heteroatoms. The van der Waals surface area contributed by atoms with Crippen molar-refractivity contribution in [3.05, 3.63) is 72.3 Å². The molecule has 0 saturated heterocycles. The summed E-state index contributed by atoms with van der Waals surface area (Å²) in [5.41, 5.74) is -0.201. The number of ether oxygens (including phenoxy) is 1. The molecule has 0 amide bonds. The Morgan fingerprint density at radius 2 is 1.79 bits per heavy atom.